The summed E-state index contributed by atoms with van der Waals surface area (Å²) in [6.45, 7) is 4.37. The SMILES string of the molecule is CCC1(C)CC(NC)c2ccccc2O1. The van der Waals surface area contributed by atoms with Gasteiger partial charge in [-0.05, 0) is 26.5 Å². The minimum Gasteiger partial charge on any atom is -0.487 e. The first-order valence-electron chi connectivity index (χ1n) is 5.64. The fourth-order valence-corrected chi connectivity index (χ4v) is 2.18. The predicted molar refractivity (Wildman–Crippen MR) is 62.2 cm³/mol. The van der Waals surface area contributed by atoms with Gasteiger partial charge < -0.3 is 10.1 Å². The van der Waals surface area contributed by atoms with E-state index in [1.165, 1.54) is 5.56 Å². The molecule has 0 bridgehead atoms. The number of benzene rings is 1. The molecule has 2 unspecified atom stereocenters. The molecule has 0 saturated carbocycles. The van der Waals surface area contributed by atoms with Crippen molar-refractivity contribution in [3.8, 4) is 5.75 Å². The van der Waals surface area contributed by atoms with E-state index in [4.69, 9.17) is 4.74 Å². The van der Waals surface area contributed by atoms with Gasteiger partial charge in [0.1, 0.15) is 11.4 Å². The number of hydrogen-bond donors (Lipinski definition) is 1. The molecular weight excluding hydrogens is 186 g/mol. The van der Waals surface area contributed by atoms with Gasteiger partial charge in [0, 0.05) is 18.0 Å². The van der Waals surface area contributed by atoms with Crippen LogP contribution >= 0.6 is 0 Å². The molecule has 0 aliphatic carbocycles. The lowest BCUT2D eigenvalue weighted by Gasteiger charge is -2.39. The summed E-state index contributed by atoms with van der Waals surface area (Å²) in [4.78, 5) is 0. The van der Waals surface area contributed by atoms with E-state index in [0.717, 1.165) is 18.6 Å². The van der Waals surface area contributed by atoms with E-state index in [0.29, 0.717) is 6.04 Å². The monoisotopic (exact) mass is 205 g/mol. The Bertz CT molecular complexity index is 350. The van der Waals surface area contributed by atoms with Crippen LogP contribution in [-0.4, -0.2) is 12.6 Å². The minimum atomic E-state index is -0.0258. The molecule has 0 amide bonds. The maximum atomic E-state index is 6.06. The number of nitrogens with one attached hydrogen (secondary N) is 1. The molecule has 0 radical (unpaired) electrons. The Labute approximate surface area is 91.6 Å². The predicted octanol–water partition coefficient (Wildman–Crippen LogP) is 2.90. The van der Waals surface area contributed by atoms with E-state index in [-0.39, 0.29) is 5.60 Å². The second-order valence-electron chi connectivity index (χ2n) is 4.49. The zero-order valence-electron chi connectivity index (χ0n) is 9.71. The van der Waals surface area contributed by atoms with Gasteiger partial charge in [-0.2, -0.15) is 0 Å². The van der Waals surface area contributed by atoms with Crippen LogP contribution in [0.4, 0.5) is 0 Å². The molecule has 1 aliphatic rings. The second-order valence-corrected chi connectivity index (χ2v) is 4.49. The molecule has 0 aromatic heterocycles. The second kappa shape index (κ2) is 3.86. The van der Waals surface area contributed by atoms with Gasteiger partial charge in [0.15, 0.2) is 0 Å². The molecule has 2 nitrogen and oxygen atoms in total. The van der Waals surface area contributed by atoms with Crippen LogP contribution in [0, 0.1) is 0 Å². The zero-order chi connectivity index (χ0) is 10.9. The number of fused-ring (bicyclic) bond motifs is 1. The van der Waals surface area contributed by atoms with E-state index in [1.54, 1.807) is 0 Å². The van der Waals surface area contributed by atoms with Crippen molar-refractivity contribution in [1.29, 1.82) is 0 Å². The number of rotatable bonds is 2. The van der Waals surface area contributed by atoms with Gasteiger partial charge in [0.25, 0.3) is 0 Å². The van der Waals surface area contributed by atoms with Gasteiger partial charge in [-0.3, -0.25) is 0 Å². The molecule has 2 rings (SSSR count). The molecule has 15 heavy (non-hydrogen) atoms. The highest BCUT2D eigenvalue weighted by molar-refractivity contribution is 5.38. The summed E-state index contributed by atoms with van der Waals surface area (Å²) in [6, 6.07) is 8.73. The number of para-hydroxylation sites is 1. The van der Waals surface area contributed by atoms with Gasteiger partial charge in [-0.15, -0.1) is 0 Å². The third-order valence-electron chi connectivity index (χ3n) is 3.38. The van der Waals surface area contributed by atoms with Gasteiger partial charge in [-0.1, -0.05) is 25.1 Å². The van der Waals surface area contributed by atoms with Crippen LogP contribution in [-0.2, 0) is 0 Å². The lowest BCUT2D eigenvalue weighted by atomic mass is 9.87. The smallest absolute Gasteiger partial charge is 0.124 e. The standard InChI is InChI=1S/C13H19NO/c1-4-13(2)9-11(14-3)10-7-5-6-8-12(10)15-13/h5-8,11,14H,4,9H2,1-3H3. The lowest BCUT2D eigenvalue weighted by molar-refractivity contribution is 0.0455. The number of ether oxygens (including phenoxy) is 1. The fourth-order valence-electron chi connectivity index (χ4n) is 2.18. The van der Waals surface area contributed by atoms with Crippen molar-refractivity contribution in [1.82, 2.24) is 5.32 Å². The average Bonchev–Trinajstić information content (AvgIpc) is 2.28. The molecule has 1 N–H and O–H groups in total. The molecule has 0 spiro atoms. The first-order valence-corrected chi connectivity index (χ1v) is 5.64. The van der Waals surface area contributed by atoms with Crippen molar-refractivity contribution in [3.05, 3.63) is 29.8 Å². The molecule has 0 fully saturated rings. The van der Waals surface area contributed by atoms with Crippen molar-refractivity contribution >= 4 is 0 Å². The van der Waals surface area contributed by atoms with E-state index in [9.17, 15) is 0 Å². The van der Waals surface area contributed by atoms with Crippen molar-refractivity contribution < 1.29 is 4.74 Å². The van der Waals surface area contributed by atoms with Gasteiger partial charge in [-0.25, -0.2) is 0 Å². The first kappa shape index (κ1) is 10.5. The molecular formula is C13H19NO. The van der Waals surface area contributed by atoms with Crippen molar-refractivity contribution in [2.45, 2.75) is 38.3 Å². The van der Waals surface area contributed by atoms with Crippen LogP contribution in [0.3, 0.4) is 0 Å². The summed E-state index contributed by atoms with van der Waals surface area (Å²) >= 11 is 0. The van der Waals surface area contributed by atoms with Gasteiger partial charge in [0.2, 0.25) is 0 Å². The van der Waals surface area contributed by atoms with Crippen LogP contribution in [0.15, 0.2) is 24.3 Å². The molecule has 0 saturated heterocycles. The molecule has 2 atom stereocenters. The Morgan fingerprint density at radius 3 is 2.87 bits per heavy atom. The molecule has 82 valence electrons. The molecule has 1 aliphatic heterocycles. The zero-order valence-corrected chi connectivity index (χ0v) is 9.71. The van der Waals surface area contributed by atoms with Crippen LogP contribution in [0.25, 0.3) is 0 Å². The van der Waals surface area contributed by atoms with E-state index in [1.807, 2.05) is 13.1 Å². The maximum Gasteiger partial charge on any atom is 0.124 e. The van der Waals surface area contributed by atoms with Gasteiger partial charge in [0.05, 0.1) is 0 Å². The van der Waals surface area contributed by atoms with Gasteiger partial charge >= 0.3 is 0 Å². The summed E-state index contributed by atoms with van der Waals surface area (Å²) in [6.07, 6.45) is 2.08. The first-order chi connectivity index (χ1) is 7.18. The molecule has 1 heterocycles. The maximum absolute atomic E-state index is 6.06. The highest BCUT2D eigenvalue weighted by atomic mass is 16.5. The number of hydrogen-bond acceptors (Lipinski definition) is 2. The van der Waals surface area contributed by atoms with Crippen LogP contribution in [0.1, 0.15) is 38.3 Å². The topological polar surface area (TPSA) is 21.3 Å². The fraction of sp³-hybridized carbons (Fsp3) is 0.538. The van der Waals surface area contributed by atoms with Crippen LogP contribution < -0.4 is 10.1 Å². The van der Waals surface area contributed by atoms with E-state index >= 15 is 0 Å². The summed E-state index contributed by atoms with van der Waals surface area (Å²) < 4.78 is 6.06. The van der Waals surface area contributed by atoms with E-state index < -0.39 is 0 Å². The quantitative estimate of drug-likeness (QED) is 0.801. The van der Waals surface area contributed by atoms with Crippen molar-refractivity contribution in [3.63, 3.8) is 0 Å². The Hall–Kier alpha value is -1.02. The Kier molecular flexibility index (Phi) is 2.70. The van der Waals surface area contributed by atoms with Crippen LogP contribution in [0.2, 0.25) is 0 Å². The molecule has 1 aromatic carbocycles. The summed E-state index contributed by atoms with van der Waals surface area (Å²) in [5.41, 5.74) is 1.26. The van der Waals surface area contributed by atoms with E-state index in [2.05, 4.69) is 37.4 Å². The third kappa shape index (κ3) is 1.86. The molecule has 1 aromatic rings. The Balaban J connectivity index is 2.38. The summed E-state index contributed by atoms with van der Waals surface area (Å²) in [5, 5.41) is 3.37. The van der Waals surface area contributed by atoms with Crippen molar-refractivity contribution in [2.24, 2.45) is 0 Å². The highest BCUT2D eigenvalue weighted by Gasteiger charge is 2.34. The molecule has 2 heteroatoms. The third-order valence-corrected chi connectivity index (χ3v) is 3.38. The normalized spacial score (nSPS) is 29.4. The average molecular weight is 205 g/mol. The summed E-state index contributed by atoms with van der Waals surface area (Å²) in [7, 11) is 2.02. The Morgan fingerprint density at radius 1 is 1.47 bits per heavy atom. The lowest BCUT2D eigenvalue weighted by Crippen LogP contribution is -2.40. The minimum absolute atomic E-state index is 0.0258. The van der Waals surface area contributed by atoms with Crippen molar-refractivity contribution in [2.75, 3.05) is 7.05 Å². The highest BCUT2D eigenvalue weighted by Crippen LogP contribution is 2.40. The Morgan fingerprint density at radius 2 is 2.20 bits per heavy atom. The summed E-state index contributed by atoms with van der Waals surface area (Å²) in [5.74, 6) is 1.03. The van der Waals surface area contributed by atoms with Crippen LogP contribution in [0.5, 0.6) is 5.75 Å². The largest absolute Gasteiger partial charge is 0.487 e.